The minimum Gasteiger partial charge on any atom is -0.497 e. The van der Waals surface area contributed by atoms with Crippen LogP contribution in [-0.2, 0) is 9.47 Å². The largest absolute Gasteiger partial charge is 0.497 e. The molecule has 0 aliphatic rings. The summed E-state index contributed by atoms with van der Waals surface area (Å²) in [4.78, 5) is 39.8. The number of H-pyrrole nitrogens is 1. The molecule has 0 saturated carbocycles. The Morgan fingerprint density at radius 3 is 2.32 bits per heavy atom. The van der Waals surface area contributed by atoms with Crippen LogP contribution in [0.3, 0.4) is 0 Å². The lowest BCUT2D eigenvalue weighted by Gasteiger charge is -2.10. The second-order valence-electron chi connectivity index (χ2n) is 5.91. The van der Waals surface area contributed by atoms with E-state index in [1.54, 1.807) is 32.9 Å². The molecule has 0 amide bonds. The zero-order valence-corrected chi connectivity index (χ0v) is 16.5. The molecule has 0 unspecified atom stereocenters. The number of carbonyl (C=O) groups is 3. The van der Waals surface area contributed by atoms with Crippen LogP contribution in [0.15, 0.2) is 18.2 Å². The lowest BCUT2D eigenvalue weighted by Crippen LogP contribution is -2.16. The fraction of sp³-hybridized carbons (Fsp3) is 0.350. The molecule has 1 aromatic carbocycles. The number of ketones is 1. The normalized spacial score (nSPS) is 10.3. The molecule has 0 bridgehead atoms. The maximum absolute atomic E-state index is 12.6. The topological polar surface area (TPSA) is 104 Å². The van der Waals surface area contributed by atoms with E-state index in [-0.39, 0.29) is 17.9 Å². The first-order valence-electron chi connectivity index (χ1n) is 8.62. The minimum atomic E-state index is -0.722. The summed E-state index contributed by atoms with van der Waals surface area (Å²) in [5.74, 6) is -0.940. The predicted octanol–water partition coefficient (Wildman–Crippen LogP) is 2.87. The van der Waals surface area contributed by atoms with E-state index in [9.17, 15) is 14.4 Å². The van der Waals surface area contributed by atoms with Gasteiger partial charge < -0.3 is 23.9 Å². The number of hydrogen-bond donors (Lipinski definition) is 1. The van der Waals surface area contributed by atoms with E-state index in [4.69, 9.17) is 18.9 Å². The van der Waals surface area contributed by atoms with Crippen LogP contribution in [0.5, 0.6) is 11.5 Å². The van der Waals surface area contributed by atoms with E-state index in [0.29, 0.717) is 28.3 Å². The van der Waals surface area contributed by atoms with Crippen LogP contribution in [0, 0.1) is 13.8 Å². The quantitative estimate of drug-likeness (QED) is 0.547. The number of methoxy groups -OCH3 is 2. The van der Waals surface area contributed by atoms with Crippen molar-refractivity contribution in [2.24, 2.45) is 0 Å². The van der Waals surface area contributed by atoms with Crippen LogP contribution in [0.25, 0.3) is 0 Å². The molecule has 0 spiro atoms. The van der Waals surface area contributed by atoms with Gasteiger partial charge in [0.15, 0.2) is 6.61 Å². The zero-order chi connectivity index (χ0) is 20.8. The summed E-state index contributed by atoms with van der Waals surface area (Å²) in [6, 6.07) is 4.69. The Labute approximate surface area is 162 Å². The number of rotatable bonds is 8. The van der Waals surface area contributed by atoms with Crippen molar-refractivity contribution < 1.29 is 33.3 Å². The molecule has 8 heteroatoms. The number of esters is 2. The second-order valence-corrected chi connectivity index (χ2v) is 5.91. The van der Waals surface area contributed by atoms with Crippen LogP contribution in [0.4, 0.5) is 0 Å². The average molecular weight is 389 g/mol. The highest BCUT2D eigenvalue weighted by Crippen LogP contribution is 2.25. The lowest BCUT2D eigenvalue weighted by molar-refractivity contribution is 0.0469. The Balaban J connectivity index is 2.17. The summed E-state index contributed by atoms with van der Waals surface area (Å²) in [7, 11) is 2.90. The standard InChI is InChI=1S/C20H23NO7/c1-6-27-20(24)18-11(2)17(12(3)21-18)15(22)10-28-19(23)14-9-13(25-4)7-8-16(14)26-5/h7-9,21H,6,10H2,1-5H3. The number of ether oxygens (including phenoxy) is 4. The van der Waals surface area contributed by atoms with Gasteiger partial charge in [-0.25, -0.2) is 9.59 Å². The van der Waals surface area contributed by atoms with E-state index in [1.165, 1.54) is 20.3 Å². The molecule has 2 aromatic rings. The minimum absolute atomic E-state index is 0.143. The molecule has 0 aliphatic heterocycles. The molecular formula is C20H23NO7. The first-order chi connectivity index (χ1) is 13.3. The van der Waals surface area contributed by atoms with Crippen molar-refractivity contribution in [1.82, 2.24) is 4.98 Å². The van der Waals surface area contributed by atoms with Gasteiger partial charge in [0, 0.05) is 11.3 Å². The van der Waals surface area contributed by atoms with Crippen LogP contribution in [-0.4, -0.2) is 50.1 Å². The molecule has 0 radical (unpaired) electrons. The van der Waals surface area contributed by atoms with Gasteiger partial charge in [0.2, 0.25) is 5.78 Å². The molecule has 0 aliphatic carbocycles. The maximum atomic E-state index is 12.6. The SMILES string of the molecule is CCOC(=O)c1[nH]c(C)c(C(=O)COC(=O)c2cc(OC)ccc2OC)c1C. The third-order valence-electron chi connectivity index (χ3n) is 4.16. The van der Waals surface area contributed by atoms with E-state index in [0.717, 1.165) is 0 Å². The van der Waals surface area contributed by atoms with Crippen molar-refractivity contribution in [2.45, 2.75) is 20.8 Å². The summed E-state index contributed by atoms with van der Waals surface area (Å²) in [5.41, 5.74) is 1.61. The monoisotopic (exact) mass is 389 g/mol. The predicted molar refractivity (Wildman–Crippen MR) is 100 cm³/mol. The number of benzene rings is 1. The third kappa shape index (κ3) is 4.33. The zero-order valence-electron chi connectivity index (χ0n) is 16.5. The summed E-state index contributed by atoms with van der Waals surface area (Å²) in [5, 5.41) is 0. The molecule has 150 valence electrons. The van der Waals surface area contributed by atoms with E-state index < -0.39 is 24.3 Å². The second kappa shape index (κ2) is 9.07. The molecule has 1 N–H and O–H groups in total. The summed E-state index contributed by atoms with van der Waals surface area (Å²) < 4.78 is 20.4. The van der Waals surface area contributed by atoms with Crippen LogP contribution >= 0.6 is 0 Å². The van der Waals surface area contributed by atoms with Crippen molar-refractivity contribution in [2.75, 3.05) is 27.4 Å². The molecule has 8 nitrogen and oxygen atoms in total. The van der Waals surface area contributed by atoms with Gasteiger partial charge in [-0.1, -0.05) is 0 Å². The van der Waals surface area contributed by atoms with E-state index >= 15 is 0 Å². The number of aromatic amines is 1. The summed E-state index contributed by atoms with van der Waals surface area (Å²) >= 11 is 0. The molecule has 0 atom stereocenters. The van der Waals surface area contributed by atoms with Gasteiger partial charge in [0.05, 0.1) is 20.8 Å². The van der Waals surface area contributed by atoms with Gasteiger partial charge in [-0.3, -0.25) is 4.79 Å². The van der Waals surface area contributed by atoms with Gasteiger partial charge in [-0.15, -0.1) is 0 Å². The number of aryl methyl sites for hydroxylation is 1. The molecule has 28 heavy (non-hydrogen) atoms. The van der Waals surface area contributed by atoms with Crippen molar-refractivity contribution in [1.29, 1.82) is 0 Å². The van der Waals surface area contributed by atoms with Crippen LogP contribution < -0.4 is 9.47 Å². The number of nitrogens with one attached hydrogen (secondary N) is 1. The first-order valence-corrected chi connectivity index (χ1v) is 8.62. The van der Waals surface area contributed by atoms with E-state index in [2.05, 4.69) is 4.98 Å². The van der Waals surface area contributed by atoms with Gasteiger partial charge in [0.25, 0.3) is 0 Å². The Morgan fingerprint density at radius 1 is 1.00 bits per heavy atom. The van der Waals surface area contributed by atoms with Crippen molar-refractivity contribution >= 4 is 17.7 Å². The van der Waals surface area contributed by atoms with Crippen molar-refractivity contribution in [3.05, 3.63) is 46.3 Å². The van der Waals surface area contributed by atoms with E-state index in [1.807, 2.05) is 0 Å². The fourth-order valence-electron chi connectivity index (χ4n) is 2.83. The highest BCUT2D eigenvalue weighted by molar-refractivity contribution is 6.04. The van der Waals surface area contributed by atoms with Gasteiger partial charge >= 0.3 is 11.9 Å². The van der Waals surface area contributed by atoms with Crippen molar-refractivity contribution in [3.63, 3.8) is 0 Å². The Hall–Kier alpha value is -3.29. The average Bonchev–Trinajstić information content (AvgIpc) is 2.99. The molecule has 0 saturated heterocycles. The summed E-state index contributed by atoms with van der Waals surface area (Å²) in [6.45, 7) is 4.73. The summed E-state index contributed by atoms with van der Waals surface area (Å²) in [6.07, 6.45) is 0. The number of Topliss-reactive ketones (excluding diaryl/α,β-unsaturated/α-hetero) is 1. The molecule has 1 heterocycles. The van der Waals surface area contributed by atoms with Gasteiger partial charge in [0.1, 0.15) is 22.8 Å². The third-order valence-corrected chi connectivity index (χ3v) is 4.16. The number of carbonyl (C=O) groups excluding carboxylic acids is 3. The smallest absolute Gasteiger partial charge is 0.355 e. The fourth-order valence-corrected chi connectivity index (χ4v) is 2.83. The van der Waals surface area contributed by atoms with Crippen LogP contribution in [0.2, 0.25) is 0 Å². The number of aromatic nitrogens is 1. The molecule has 1 aromatic heterocycles. The Bertz CT molecular complexity index is 898. The highest BCUT2D eigenvalue weighted by atomic mass is 16.5. The molecule has 0 fully saturated rings. The van der Waals surface area contributed by atoms with Gasteiger partial charge in [-0.2, -0.15) is 0 Å². The van der Waals surface area contributed by atoms with Crippen LogP contribution in [0.1, 0.15) is 49.4 Å². The van der Waals surface area contributed by atoms with Crippen molar-refractivity contribution in [3.8, 4) is 11.5 Å². The molecule has 2 rings (SSSR count). The Morgan fingerprint density at radius 2 is 1.71 bits per heavy atom. The highest BCUT2D eigenvalue weighted by Gasteiger charge is 2.24. The number of hydrogen-bond acceptors (Lipinski definition) is 7. The maximum Gasteiger partial charge on any atom is 0.355 e. The Kier molecular flexibility index (Phi) is 6.81. The molecular weight excluding hydrogens is 366 g/mol. The lowest BCUT2D eigenvalue weighted by atomic mass is 10.1. The first kappa shape index (κ1) is 21.0. The van der Waals surface area contributed by atoms with Gasteiger partial charge in [-0.05, 0) is 44.5 Å².